The Morgan fingerprint density at radius 2 is 2.00 bits per heavy atom. The number of nitrogens with one attached hydrogen (secondary N) is 1. The Kier molecular flexibility index (Phi) is 6.52. The Labute approximate surface area is 121 Å². The molecule has 1 rings (SSSR count). The normalized spacial score (nSPS) is 12.1. The molecule has 0 aliphatic rings. The second kappa shape index (κ2) is 7.90. The van der Waals surface area contributed by atoms with Gasteiger partial charge in [0.05, 0.1) is 7.11 Å². The van der Waals surface area contributed by atoms with Gasteiger partial charge in [0.15, 0.2) is 0 Å². The first-order chi connectivity index (χ1) is 9.49. The lowest BCUT2D eigenvalue weighted by Gasteiger charge is -2.18. The number of ether oxygens (including phenoxy) is 2. The molecule has 0 bridgehead atoms. The largest absolute Gasteiger partial charge is 0.491 e. The van der Waals surface area contributed by atoms with Crippen molar-refractivity contribution >= 4 is 5.97 Å². The van der Waals surface area contributed by atoms with Gasteiger partial charge in [-0.05, 0) is 56.5 Å². The molecule has 0 aliphatic heterocycles. The third-order valence-electron chi connectivity index (χ3n) is 3.30. The molecule has 20 heavy (non-hydrogen) atoms. The first-order valence-corrected chi connectivity index (χ1v) is 7.01. The van der Waals surface area contributed by atoms with Gasteiger partial charge in [-0.1, -0.05) is 13.0 Å². The van der Waals surface area contributed by atoms with Crippen molar-refractivity contribution in [2.24, 2.45) is 0 Å². The predicted octanol–water partition coefficient (Wildman–Crippen LogP) is 2.53. The van der Waals surface area contributed by atoms with E-state index in [1.54, 1.807) is 0 Å². The van der Waals surface area contributed by atoms with Crippen molar-refractivity contribution in [2.45, 2.75) is 40.2 Å². The smallest absolute Gasteiger partial charge is 0.326 e. The third-order valence-corrected chi connectivity index (χ3v) is 3.30. The highest BCUT2D eigenvalue weighted by Crippen LogP contribution is 2.23. The summed E-state index contributed by atoms with van der Waals surface area (Å²) in [6.45, 7) is 9.20. The summed E-state index contributed by atoms with van der Waals surface area (Å²) in [6, 6.07) is 3.69. The van der Waals surface area contributed by atoms with E-state index in [4.69, 9.17) is 9.47 Å². The number of hydrogen-bond donors (Lipinski definition) is 1. The molecule has 1 N–H and O–H groups in total. The molecule has 1 unspecified atom stereocenters. The minimum absolute atomic E-state index is 0.274. The van der Waals surface area contributed by atoms with Gasteiger partial charge in [0.1, 0.15) is 18.4 Å². The second-order valence-corrected chi connectivity index (χ2v) is 5.05. The van der Waals surface area contributed by atoms with Gasteiger partial charge in [-0.15, -0.1) is 0 Å². The molecule has 4 heteroatoms. The van der Waals surface area contributed by atoms with Gasteiger partial charge in [-0.3, -0.25) is 4.79 Å². The van der Waals surface area contributed by atoms with Crippen LogP contribution in [0.25, 0.3) is 0 Å². The third kappa shape index (κ3) is 4.53. The van der Waals surface area contributed by atoms with Crippen LogP contribution in [0.4, 0.5) is 0 Å². The van der Waals surface area contributed by atoms with Gasteiger partial charge in [-0.25, -0.2) is 0 Å². The highest BCUT2D eigenvalue weighted by molar-refractivity contribution is 5.75. The zero-order valence-electron chi connectivity index (χ0n) is 13.1. The average Bonchev–Trinajstić information content (AvgIpc) is 2.43. The maximum Gasteiger partial charge on any atom is 0.326 e. The van der Waals surface area contributed by atoms with Gasteiger partial charge in [0.2, 0.25) is 0 Å². The SMILES string of the molecule is CCCNC(COc1cc(C)cc(C)c1C)C(=O)OC. The summed E-state index contributed by atoms with van der Waals surface area (Å²) in [5.74, 6) is 0.537. The molecule has 1 atom stereocenters. The van der Waals surface area contributed by atoms with E-state index in [0.29, 0.717) is 0 Å². The molecule has 1 aromatic rings. The molecule has 0 saturated carbocycles. The standard InChI is InChI=1S/C16H25NO3/c1-6-7-17-14(16(18)19-5)10-20-15-9-11(2)8-12(3)13(15)4/h8-9,14,17H,6-7,10H2,1-5H3. The van der Waals surface area contributed by atoms with E-state index in [1.807, 2.05) is 19.9 Å². The lowest BCUT2D eigenvalue weighted by Crippen LogP contribution is -2.42. The van der Waals surface area contributed by atoms with E-state index in [2.05, 4.69) is 25.2 Å². The van der Waals surface area contributed by atoms with E-state index < -0.39 is 6.04 Å². The summed E-state index contributed by atoms with van der Waals surface area (Å²) in [7, 11) is 1.39. The summed E-state index contributed by atoms with van der Waals surface area (Å²) < 4.78 is 10.6. The quantitative estimate of drug-likeness (QED) is 0.779. The number of aryl methyl sites for hydroxylation is 2. The molecule has 0 saturated heterocycles. The van der Waals surface area contributed by atoms with Crippen LogP contribution in [0.1, 0.15) is 30.0 Å². The van der Waals surface area contributed by atoms with Crippen LogP contribution in [0.15, 0.2) is 12.1 Å². The maximum absolute atomic E-state index is 11.7. The fourth-order valence-corrected chi connectivity index (χ4v) is 1.99. The highest BCUT2D eigenvalue weighted by Gasteiger charge is 2.19. The molecule has 0 radical (unpaired) electrons. The molecule has 112 valence electrons. The fourth-order valence-electron chi connectivity index (χ4n) is 1.99. The summed E-state index contributed by atoms with van der Waals surface area (Å²) in [5, 5.41) is 3.14. The minimum Gasteiger partial charge on any atom is -0.491 e. The number of carbonyl (C=O) groups excluding carboxylic acids is 1. The highest BCUT2D eigenvalue weighted by atomic mass is 16.5. The number of methoxy groups -OCH3 is 1. The topological polar surface area (TPSA) is 47.6 Å². The number of benzene rings is 1. The van der Waals surface area contributed by atoms with Crippen LogP contribution in [-0.2, 0) is 9.53 Å². The van der Waals surface area contributed by atoms with Gasteiger partial charge in [-0.2, -0.15) is 0 Å². The summed E-state index contributed by atoms with van der Waals surface area (Å²) in [4.78, 5) is 11.7. The van der Waals surface area contributed by atoms with Gasteiger partial charge in [0, 0.05) is 0 Å². The number of esters is 1. The predicted molar refractivity (Wildman–Crippen MR) is 80.2 cm³/mol. The van der Waals surface area contributed by atoms with E-state index in [9.17, 15) is 4.79 Å². The molecule has 1 aromatic carbocycles. The van der Waals surface area contributed by atoms with E-state index in [1.165, 1.54) is 12.7 Å². The van der Waals surface area contributed by atoms with Crippen molar-refractivity contribution in [2.75, 3.05) is 20.3 Å². The van der Waals surface area contributed by atoms with Crippen LogP contribution >= 0.6 is 0 Å². The number of rotatable bonds is 7. The fraction of sp³-hybridized carbons (Fsp3) is 0.562. The minimum atomic E-state index is -0.430. The van der Waals surface area contributed by atoms with Crippen LogP contribution in [0.5, 0.6) is 5.75 Å². The molecular formula is C16H25NO3. The van der Waals surface area contributed by atoms with E-state index >= 15 is 0 Å². The first-order valence-electron chi connectivity index (χ1n) is 7.01. The first kappa shape index (κ1) is 16.5. The number of hydrogen-bond acceptors (Lipinski definition) is 4. The van der Waals surface area contributed by atoms with Crippen LogP contribution in [-0.4, -0.2) is 32.3 Å². The van der Waals surface area contributed by atoms with Crippen molar-refractivity contribution < 1.29 is 14.3 Å². The Morgan fingerprint density at radius 3 is 2.60 bits per heavy atom. The molecule has 0 heterocycles. The van der Waals surface area contributed by atoms with Crippen molar-refractivity contribution in [3.8, 4) is 5.75 Å². The van der Waals surface area contributed by atoms with Crippen LogP contribution < -0.4 is 10.1 Å². The molecule has 0 amide bonds. The molecule has 4 nitrogen and oxygen atoms in total. The Balaban J connectivity index is 2.74. The number of carbonyl (C=O) groups is 1. The maximum atomic E-state index is 11.7. The summed E-state index contributed by atoms with van der Waals surface area (Å²) in [6.07, 6.45) is 0.954. The van der Waals surface area contributed by atoms with Crippen molar-refractivity contribution in [1.29, 1.82) is 0 Å². The van der Waals surface area contributed by atoms with Gasteiger partial charge < -0.3 is 14.8 Å². The zero-order chi connectivity index (χ0) is 15.1. The van der Waals surface area contributed by atoms with Crippen molar-refractivity contribution in [3.05, 3.63) is 28.8 Å². The van der Waals surface area contributed by atoms with Crippen LogP contribution in [0.2, 0.25) is 0 Å². The molecule has 0 spiro atoms. The molecule has 0 fully saturated rings. The lowest BCUT2D eigenvalue weighted by atomic mass is 10.1. The van der Waals surface area contributed by atoms with Crippen LogP contribution in [0, 0.1) is 20.8 Å². The molecular weight excluding hydrogens is 254 g/mol. The molecule has 0 aliphatic carbocycles. The lowest BCUT2D eigenvalue weighted by molar-refractivity contribution is -0.143. The van der Waals surface area contributed by atoms with E-state index in [0.717, 1.165) is 29.8 Å². The Bertz CT molecular complexity index is 457. The van der Waals surface area contributed by atoms with E-state index in [-0.39, 0.29) is 12.6 Å². The zero-order valence-corrected chi connectivity index (χ0v) is 13.1. The van der Waals surface area contributed by atoms with Crippen molar-refractivity contribution in [3.63, 3.8) is 0 Å². The van der Waals surface area contributed by atoms with Gasteiger partial charge >= 0.3 is 5.97 Å². The van der Waals surface area contributed by atoms with Crippen LogP contribution in [0.3, 0.4) is 0 Å². The monoisotopic (exact) mass is 279 g/mol. The Hall–Kier alpha value is -1.55. The molecule has 0 aromatic heterocycles. The summed E-state index contributed by atoms with van der Waals surface area (Å²) >= 11 is 0. The average molecular weight is 279 g/mol. The Morgan fingerprint density at radius 1 is 1.30 bits per heavy atom. The van der Waals surface area contributed by atoms with Gasteiger partial charge in [0.25, 0.3) is 0 Å². The summed E-state index contributed by atoms with van der Waals surface area (Å²) in [5.41, 5.74) is 3.45. The van der Waals surface area contributed by atoms with Crippen molar-refractivity contribution in [1.82, 2.24) is 5.32 Å². The second-order valence-electron chi connectivity index (χ2n) is 5.05.